The average molecular weight is 385 g/mol. The molecule has 0 saturated heterocycles. The van der Waals surface area contributed by atoms with Gasteiger partial charge in [-0.15, -0.1) is 11.3 Å². The lowest BCUT2D eigenvalue weighted by Gasteiger charge is -2.06. The van der Waals surface area contributed by atoms with Gasteiger partial charge in [0.2, 0.25) is 0 Å². The normalized spacial score (nSPS) is 10.8. The van der Waals surface area contributed by atoms with Crippen molar-refractivity contribution < 1.29 is 9.32 Å². The van der Waals surface area contributed by atoms with Gasteiger partial charge in [0.25, 0.3) is 5.91 Å². The first-order valence-electron chi connectivity index (χ1n) is 7.77. The Morgan fingerprint density at radius 3 is 2.85 bits per heavy atom. The largest absolute Gasteiger partial charge is 0.355 e. The van der Waals surface area contributed by atoms with Gasteiger partial charge in [-0.05, 0) is 35.7 Å². The van der Waals surface area contributed by atoms with Crippen molar-refractivity contribution in [3.05, 3.63) is 75.7 Å². The van der Waals surface area contributed by atoms with Crippen molar-refractivity contribution in [1.82, 2.24) is 14.9 Å². The topological polar surface area (TPSA) is 73.0 Å². The third-order valence-corrected chi connectivity index (χ3v) is 4.83. The number of hydrogen-bond acceptors (Lipinski definition) is 5. The summed E-state index contributed by atoms with van der Waals surface area (Å²) in [6.07, 6.45) is 1.64. The molecule has 4 aromatic rings. The van der Waals surface area contributed by atoms with Crippen molar-refractivity contribution in [2.45, 2.75) is 6.54 Å². The van der Waals surface area contributed by atoms with E-state index in [1.165, 1.54) is 0 Å². The minimum Gasteiger partial charge on any atom is -0.355 e. The van der Waals surface area contributed by atoms with E-state index in [9.17, 15) is 4.79 Å². The van der Waals surface area contributed by atoms with Crippen molar-refractivity contribution in [3.63, 3.8) is 0 Å². The molecule has 130 valence electrons. The lowest BCUT2D eigenvalue weighted by Crippen LogP contribution is -2.16. The van der Waals surface area contributed by atoms with Gasteiger partial charge < -0.3 is 9.84 Å². The van der Waals surface area contributed by atoms with Gasteiger partial charge in [0.05, 0.1) is 12.7 Å². The molecule has 0 fully saturated rings. The van der Waals surface area contributed by atoms with Crippen LogP contribution in [-0.2, 0) is 6.54 Å². The molecule has 0 aliphatic heterocycles. The molecule has 0 unspecified atom stereocenters. The van der Waals surface area contributed by atoms with Crippen molar-refractivity contribution in [2.75, 3.05) is 5.32 Å². The van der Waals surface area contributed by atoms with Crippen LogP contribution in [0.4, 0.5) is 5.82 Å². The predicted molar refractivity (Wildman–Crippen MR) is 101 cm³/mol. The second kappa shape index (κ2) is 7.15. The fourth-order valence-corrected chi connectivity index (χ4v) is 3.24. The summed E-state index contributed by atoms with van der Waals surface area (Å²) in [4.78, 5) is 13.6. The van der Waals surface area contributed by atoms with Crippen molar-refractivity contribution in [2.24, 2.45) is 0 Å². The zero-order chi connectivity index (χ0) is 17.9. The number of amides is 1. The molecule has 26 heavy (non-hydrogen) atoms. The van der Waals surface area contributed by atoms with Gasteiger partial charge in [-0.25, -0.2) is 4.68 Å². The van der Waals surface area contributed by atoms with Crippen molar-refractivity contribution >= 4 is 34.7 Å². The molecule has 1 amide bonds. The van der Waals surface area contributed by atoms with Crippen molar-refractivity contribution in [1.29, 1.82) is 0 Å². The van der Waals surface area contributed by atoms with Crippen molar-refractivity contribution in [3.8, 4) is 11.3 Å². The molecule has 3 heterocycles. The highest BCUT2D eigenvalue weighted by Gasteiger charge is 2.16. The summed E-state index contributed by atoms with van der Waals surface area (Å²) in [7, 11) is 0. The second-order valence-corrected chi connectivity index (χ2v) is 6.96. The van der Waals surface area contributed by atoms with E-state index >= 15 is 0 Å². The number of halogens is 1. The summed E-state index contributed by atoms with van der Waals surface area (Å²) >= 11 is 7.52. The summed E-state index contributed by atoms with van der Waals surface area (Å²) in [5, 5.41) is 13.6. The standard InChI is InChI=1S/C18H13ClN4O2S/c19-13-5-3-12(4-6-13)16-10-15(22-25-16)18(24)21-17-7-8-20-23(17)11-14-2-1-9-26-14/h1-10H,11H2,(H,21,24). The highest BCUT2D eigenvalue weighted by atomic mass is 35.5. The highest BCUT2D eigenvalue weighted by Crippen LogP contribution is 2.23. The Kier molecular flexibility index (Phi) is 4.55. The third kappa shape index (κ3) is 3.54. The maximum atomic E-state index is 12.5. The Morgan fingerprint density at radius 2 is 2.08 bits per heavy atom. The molecule has 0 aliphatic carbocycles. The van der Waals surface area contributed by atoms with E-state index in [4.69, 9.17) is 16.1 Å². The van der Waals surface area contributed by atoms with Crippen LogP contribution in [0, 0.1) is 0 Å². The Balaban J connectivity index is 1.49. The van der Waals surface area contributed by atoms with Crippen LogP contribution in [0.1, 0.15) is 15.4 Å². The number of aromatic nitrogens is 3. The second-order valence-electron chi connectivity index (χ2n) is 5.49. The van der Waals surface area contributed by atoms with Gasteiger partial charge in [0.15, 0.2) is 11.5 Å². The fraction of sp³-hybridized carbons (Fsp3) is 0.0556. The lowest BCUT2D eigenvalue weighted by molar-refractivity contribution is 0.101. The van der Waals surface area contributed by atoms with Gasteiger partial charge in [0, 0.05) is 27.6 Å². The molecule has 0 atom stereocenters. The number of thiophene rings is 1. The zero-order valence-corrected chi connectivity index (χ0v) is 15.0. The van der Waals surface area contributed by atoms with Gasteiger partial charge >= 0.3 is 0 Å². The van der Waals surface area contributed by atoms with Crippen LogP contribution >= 0.6 is 22.9 Å². The lowest BCUT2D eigenvalue weighted by atomic mass is 10.1. The van der Waals surface area contributed by atoms with E-state index in [1.54, 1.807) is 58.6 Å². The molecule has 0 bridgehead atoms. The molecule has 0 radical (unpaired) electrons. The molecule has 6 nitrogen and oxygen atoms in total. The molecular formula is C18H13ClN4O2S. The van der Waals surface area contributed by atoms with E-state index in [2.05, 4.69) is 15.6 Å². The summed E-state index contributed by atoms with van der Waals surface area (Å²) in [5.74, 6) is 0.736. The molecule has 0 saturated carbocycles. The fourth-order valence-electron chi connectivity index (χ4n) is 2.43. The number of carbonyl (C=O) groups excluding carboxylic acids is 1. The van der Waals surface area contributed by atoms with Crippen LogP contribution in [0.25, 0.3) is 11.3 Å². The minimum atomic E-state index is -0.359. The van der Waals surface area contributed by atoms with E-state index in [1.807, 2.05) is 17.5 Å². The summed E-state index contributed by atoms with van der Waals surface area (Å²) in [6.45, 7) is 0.592. The maximum Gasteiger partial charge on any atom is 0.279 e. The molecule has 3 aromatic heterocycles. The third-order valence-electron chi connectivity index (χ3n) is 3.72. The highest BCUT2D eigenvalue weighted by molar-refractivity contribution is 7.09. The van der Waals surface area contributed by atoms with Crippen LogP contribution in [-0.4, -0.2) is 20.8 Å². The monoisotopic (exact) mass is 384 g/mol. The molecule has 0 aliphatic rings. The smallest absolute Gasteiger partial charge is 0.279 e. The molecule has 8 heteroatoms. The Bertz CT molecular complexity index is 1020. The number of hydrogen-bond donors (Lipinski definition) is 1. The average Bonchev–Trinajstić information content (AvgIpc) is 3.38. The number of carbonyl (C=O) groups is 1. The van der Waals surface area contributed by atoms with Gasteiger partial charge in [0.1, 0.15) is 5.82 Å². The van der Waals surface area contributed by atoms with Crippen LogP contribution < -0.4 is 5.32 Å². The maximum absolute atomic E-state index is 12.5. The molecule has 0 spiro atoms. The van der Waals surface area contributed by atoms with Crippen LogP contribution in [0.3, 0.4) is 0 Å². The Hall–Kier alpha value is -2.90. The first kappa shape index (κ1) is 16.6. The summed E-state index contributed by atoms with van der Waals surface area (Å²) in [5.41, 5.74) is 0.988. The quantitative estimate of drug-likeness (QED) is 0.547. The zero-order valence-electron chi connectivity index (χ0n) is 13.4. The number of benzene rings is 1. The molecular weight excluding hydrogens is 372 g/mol. The first-order chi connectivity index (χ1) is 12.7. The van der Waals surface area contributed by atoms with E-state index in [-0.39, 0.29) is 11.6 Å². The molecule has 1 N–H and O–H groups in total. The molecule has 4 rings (SSSR count). The SMILES string of the molecule is O=C(Nc1ccnn1Cc1cccs1)c1cc(-c2ccc(Cl)cc2)on1. The van der Waals surface area contributed by atoms with Crippen LogP contribution in [0.2, 0.25) is 5.02 Å². The van der Waals surface area contributed by atoms with Gasteiger partial charge in [-0.3, -0.25) is 4.79 Å². The van der Waals surface area contributed by atoms with Crippen LogP contribution in [0.5, 0.6) is 0 Å². The van der Waals surface area contributed by atoms with Crippen LogP contribution in [0.15, 0.2) is 64.6 Å². The number of nitrogens with zero attached hydrogens (tertiary/aromatic N) is 3. The number of nitrogens with one attached hydrogen (secondary N) is 1. The Labute approximate surface area is 158 Å². The van der Waals surface area contributed by atoms with Gasteiger partial charge in [-0.1, -0.05) is 22.8 Å². The van der Waals surface area contributed by atoms with E-state index in [0.29, 0.717) is 23.1 Å². The number of rotatable bonds is 5. The molecule has 1 aromatic carbocycles. The van der Waals surface area contributed by atoms with E-state index in [0.717, 1.165) is 10.4 Å². The minimum absolute atomic E-state index is 0.193. The van der Waals surface area contributed by atoms with E-state index < -0.39 is 0 Å². The summed E-state index contributed by atoms with van der Waals surface area (Å²) < 4.78 is 7.00. The Morgan fingerprint density at radius 1 is 1.23 bits per heavy atom. The number of anilines is 1. The predicted octanol–water partition coefficient (Wildman–Crippen LogP) is 4.55. The first-order valence-corrected chi connectivity index (χ1v) is 9.03. The van der Waals surface area contributed by atoms with Gasteiger partial charge in [-0.2, -0.15) is 5.10 Å². The summed E-state index contributed by atoms with van der Waals surface area (Å²) in [6, 6.07) is 14.5.